The Balaban J connectivity index is 2.15. The molecule has 0 spiro atoms. The first-order chi connectivity index (χ1) is 9.52. The van der Waals surface area contributed by atoms with Gasteiger partial charge in [-0.25, -0.2) is 4.98 Å². The van der Waals surface area contributed by atoms with E-state index in [9.17, 15) is 9.59 Å². The summed E-state index contributed by atoms with van der Waals surface area (Å²) in [6.45, 7) is 0.341. The highest BCUT2D eigenvalue weighted by molar-refractivity contribution is 7.17. The Kier molecular flexibility index (Phi) is 4.48. The van der Waals surface area contributed by atoms with Gasteiger partial charge in [0, 0.05) is 14.2 Å². The second kappa shape index (κ2) is 6.12. The summed E-state index contributed by atoms with van der Waals surface area (Å²) in [5.74, 6) is 0.168. The van der Waals surface area contributed by atoms with E-state index in [4.69, 9.17) is 10.5 Å². The minimum Gasteiger partial charge on any atom is -0.383 e. The van der Waals surface area contributed by atoms with Crippen molar-refractivity contribution in [3.05, 3.63) is 27.6 Å². The molecule has 1 atom stereocenters. The average Bonchev–Trinajstić information content (AvgIpc) is 2.86. The number of hydrogen-bond acceptors (Lipinski definition) is 6. The predicted molar refractivity (Wildman–Crippen MR) is 76.6 cm³/mol. The molecule has 108 valence electrons. The van der Waals surface area contributed by atoms with Crippen molar-refractivity contribution < 1.29 is 9.53 Å². The zero-order chi connectivity index (χ0) is 14.7. The largest absolute Gasteiger partial charge is 0.383 e. The summed E-state index contributed by atoms with van der Waals surface area (Å²) in [6.07, 6.45) is 0. The average molecular weight is 296 g/mol. The Morgan fingerprint density at radius 2 is 2.40 bits per heavy atom. The SMILES string of the molecule is COCC(N)C(=O)N(C)Cc1nc2ccsc2c(=O)[nH]1. The van der Waals surface area contributed by atoms with Crippen LogP contribution in [-0.2, 0) is 16.1 Å². The van der Waals surface area contributed by atoms with Crippen LogP contribution in [0.2, 0.25) is 0 Å². The number of methoxy groups -OCH3 is 1. The summed E-state index contributed by atoms with van der Waals surface area (Å²) in [7, 11) is 3.09. The van der Waals surface area contributed by atoms with E-state index < -0.39 is 6.04 Å². The summed E-state index contributed by atoms with van der Waals surface area (Å²) in [5.41, 5.74) is 6.12. The number of carbonyl (C=O) groups excluding carboxylic acids is 1. The smallest absolute Gasteiger partial charge is 0.268 e. The van der Waals surface area contributed by atoms with Crippen molar-refractivity contribution in [2.24, 2.45) is 5.73 Å². The summed E-state index contributed by atoms with van der Waals surface area (Å²) < 4.78 is 5.43. The zero-order valence-electron chi connectivity index (χ0n) is 11.3. The highest BCUT2D eigenvalue weighted by Gasteiger charge is 2.19. The molecular weight excluding hydrogens is 280 g/mol. The van der Waals surface area contributed by atoms with Crippen LogP contribution in [0.1, 0.15) is 5.82 Å². The van der Waals surface area contributed by atoms with E-state index >= 15 is 0 Å². The number of carbonyl (C=O) groups is 1. The molecule has 8 heteroatoms. The van der Waals surface area contributed by atoms with Crippen LogP contribution in [0.15, 0.2) is 16.2 Å². The molecule has 2 heterocycles. The molecule has 0 aromatic carbocycles. The molecule has 0 saturated heterocycles. The van der Waals surface area contributed by atoms with Crippen LogP contribution in [-0.4, -0.2) is 47.6 Å². The van der Waals surface area contributed by atoms with Gasteiger partial charge in [-0.05, 0) is 11.4 Å². The summed E-state index contributed by atoms with van der Waals surface area (Å²) >= 11 is 1.34. The van der Waals surface area contributed by atoms with Crippen LogP contribution in [0.5, 0.6) is 0 Å². The lowest BCUT2D eigenvalue weighted by Crippen LogP contribution is -2.44. The highest BCUT2D eigenvalue weighted by Crippen LogP contribution is 2.14. The van der Waals surface area contributed by atoms with Crippen molar-refractivity contribution in [1.82, 2.24) is 14.9 Å². The normalized spacial score (nSPS) is 12.6. The maximum Gasteiger partial charge on any atom is 0.268 e. The van der Waals surface area contributed by atoms with Crippen molar-refractivity contribution in [1.29, 1.82) is 0 Å². The molecule has 3 N–H and O–H groups in total. The van der Waals surface area contributed by atoms with E-state index in [2.05, 4.69) is 9.97 Å². The lowest BCUT2D eigenvalue weighted by atomic mass is 10.3. The number of amides is 1. The molecule has 20 heavy (non-hydrogen) atoms. The lowest BCUT2D eigenvalue weighted by molar-refractivity contribution is -0.133. The minimum atomic E-state index is -0.721. The van der Waals surface area contributed by atoms with Gasteiger partial charge in [-0.3, -0.25) is 9.59 Å². The van der Waals surface area contributed by atoms with Gasteiger partial charge in [0.2, 0.25) is 5.91 Å². The van der Waals surface area contributed by atoms with Gasteiger partial charge in [-0.1, -0.05) is 0 Å². The van der Waals surface area contributed by atoms with Gasteiger partial charge in [-0.15, -0.1) is 11.3 Å². The molecule has 1 unspecified atom stereocenters. The van der Waals surface area contributed by atoms with E-state index in [-0.39, 0.29) is 24.6 Å². The topological polar surface area (TPSA) is 101 Å². The van der Waals surface area contributed by atoms with Crippen LogP contribution >= 0.6 is 11.3 Å². The quantitative estimate of drug-likeness (QED) is 0.803. The zero-order valence-corrected chi connectivity index (χ0v) is 12.1. The molecule has 0 bridgehead atoms. The highest BCUT2D eigenvalue weighted by atomic mass is 32.1. The van der Waals surface area contributed by atoms with Gasteiger partial charge in [-0.2, -0.15) is 0 Å². The van der Waals surface area contributed by atoms with Crippen molar-refractivity contribution in [3.63, 3.8) is 0 Å². The molecule has 7 nitrogen and oxygen atoms in total. The van der Waals surface area contributed by atoms with Gasteiger partial charge in [0.15, 0.2) is 0 Å². The van der Waals surface area contributed by atoms with Gasteiger partial charge in [0.25, 0.3) is 5.56 Å². The number of hydrogen-bond donors (Lipinski definition) is 2. The summed E-state index contributed by atoms with van der Waals surface area (Å²) in [6, 6.07) is 1.05. The molecule has 0 fully saturated rings. The van der Waals surface area contributed by atoms with Crippen molar-refractivity contribution in [2.75, 3.05) is 20.8 Å². The fraction of sp³-hybridized carbons (Fsp3) is 0.417. The predicted octanol–water partition coefficient (Wildman–Crippen LogP) is -0.0833. The molecule has 1 amide bonds. The van der Waals surface area contributed by atoms with E-state index in [1.807, 2.05) is 0 Å². The first-order valence-corrected chi connectivity index (χ1v) is 6.86. The number of likely N-dealkylation sites (N-methyl/N-ethyl adjacent to an activating group) is 1. The molecule has 0 saturated carbocycles. The lowest BCUT2D eigenvalue weighted by Gasteiger charge is -2.20. The molecule has 2 rings (SSSR count). The van der Waals surface area contributed by atoms with E-state index in [1.54, 1.807) is 18.5 Å². The Labute approximate surface area is 119 Å². The van der Waals surface area contributed by atoms with Gasteiger partial charge in [0.1, 0.15) is 16.6 Å². The van der Waals surface area contributed by atoms with Crippen LogP contribution < -0.4 is 11.3 Å². The first kappa shape index (κ1) is 14.6. The van der Waals surface area contributed by atoms with Gasteiger partial charge < -0.3 is 20.4 Å². The number of nitrogens with zero attached hydrogens (tertiary/aromatic N) is 2. The van der Waals surface area contributed by atoms with E-state index in [1.165, 1.54) is 23.3 Å². The standard InChI is InChI=1S/C12H16N4O3S/c1-16(12(18)7(13)6-19-2)5-9-14-8-3-4-20-10(8)11(17)15-9/h3-4,7H,5-6,13H2,1-2H3,(H,14,15,17). The fourth-order valence-electron chi connectivity index (χ4n) is 1.83. The number of nitrogens with one attached hydrogen (secondary N) is 1. The first-order valence-electron chi connectivity index (χ1n) is 5.99. The molecule has 2 aromatic rings. The van der Waals surface area contributed by atoms with Crippen molar-refractivity contribution in [2.45, 2.75) is 12.6 Å². The molecule has 2 aromatic heterocycles. The Hall–Kier alpha value is -1.77. The van der Waals surface area contributed by atoms with E-state index in [0.717, 1.165) is 0 Å². The van der Waals surface area contributed by atoms with Crippen molar-refractivity contribution >= 4 is 27.5 Å². The minimum absolute atomic E-state index is 0.149. The fourth-order valence-corrected chi connectivity index (χ4v) is 2.56. The number of aromatic amines is 1. The summed E-state index contributed by atoms with van der Waals surface area (Å²) in [4.78, 5) is 32.2. The molecular formula is C12H16N4O3S. The number of nitrogens with two attached hydrogens (primary N) is 1. The number of thiophene rings is 1. The third-order valence-corrected chi connectivity index (χ3v) is 3.69. The second-order valence-electron chi connectivity index (χ2n) is 4.40. The Bertz CT molecular complexity index is 666. The monoisotopic (exact) mass is 296 g/mol. The van der Waals surface area contributed by atoms with Crippen LogP contribution in [0.25, 0.3) is 10.2 Å². The number of ether oxygens (including phenoxy) is 1. The van der Waals surface area contributed by atoms with Crippen molar-refractivity contribution in [3.8, 4) is 0 Å². The van der Waals surface area contributed by atoms with Crippen LogP contribution in [0.4, 0.5) is 0 Å². The molecule has 0 aliphatic heterocycles. The third-order valence-electron chi connectivity index (χ3n) is 2.79. The molecule has 0 aliphatic rings. The number of rotatable bonds is 5. The maximum absolute atomic E-state index is 11.9. The van der Waals surface area contributed by atoms with Gasteiger partial charge >= 0.3 is 0 Å². The Morgan fingerprint density at radius 1 is 1.65 bits per heavy atom. The maximum atomic E-state index is 11.9. The molecule has 0 aliphatic carbocycles. The van der Waals surface area contributed by atoms with Crippen LogP contribution in [0.3, 0.4) is 0 Å². The Morgan fingerprint density at radius 3 is 3.10 bits per heavy atom. The summed E-state index contributed by atoms with van der Waals surface area (Å²) in [5, 5.41) is 1.81. The van der Waals surface area contributed by atoms with Gasteiger partial charge in [0.05, 0.1) is 18.7 Å². The second-order valence-corrected chi connectivity index (χ2v) is 5.32. The number of H-pyrrole nitrogens is 1. The van der Waals surface area contributed by atoms with E-state index in [0.29, 0.717) is 16.0 Å². The number of fused-ring (bicyclic) bond motifs is 1. The van der Waals surface area contributed by atoms with Crippen LogP contribution in [0, 0.1) is 0 Å². The number of aromatic nitrogens is 2. The third kappa shape index (κ3) is 3.03. The molecule has 0 radical (unpaired) electrons.